The van der Waals surface area contributed by atoms with Crippen molar-refractivity contribution in [1.29, 1.82) is 0 Å². The second-order valence-corrected chi connectivity index (χ2v) is 4.15. The number of ether oxygens (including phenoxy) is 1. The lowest BCUT2D eigenvalue weighted by Crippen LogP contribution is -2.00. The highest BCUT2D eigenvalue weighted by Crippen LogP contribution is 2.08. The normalized spacial score (nSPS) is 10.5. The van der Waals surface area contributed by atoms with Crippen LogP contribution in [0.2, 0.25) is 0 Å². The molecule has 0 N–H and O–H groups in total. The molecular weight excluding hydrogens is 188 g/mol. The summed E-state index contributed by atoms with van der Waals surface area (Å²) in [5.41, 5.74) is 0. The number of hydrogen-bond acceptors (Lipinski definition) is 2. The predicted octanol–water partition coefficient (Wildman–Crippen LogP) is 3.73. The van der Waals surface area contributed by atoms with Gasteiger partial charge in [0.25, 0.3) is 0 Å². The number of methoxy groups -OCH3 is 1. The van der Waals surface area contributed by atoms with E-state index in [4.69, 9.17) is 4.74 Å². The number of ketones is 1. The zero-order valence-electron chi connectivity index (χ0n) is 10.4. The van der Waals surface area contributed by atoms with Crippen molar-refractivity contribution in [2.45, 2.75) is 64.7 Å². The van der Waals surface area contributed by atoms with E-state index in [1.165, 1.54) is 32.1 Å². The van der Waals surface area contributed by atoms with Crippen LogP contribution in [0, 0.1) is 0 Å². The second-order valence-electron chi connectivity index (χ2n) is 4.15. The molecule has 0 aromatic heterocycles. The lowest BCUT2D eigenvalue weighted by Gasteiger charge is -2.01. The third-order valence-electron chi connectivity index (χ3n) is 2.61. The molecule has 0 aromatic carbocycles. The molecule has 0 unspecified atom stereocenters. The third-order valence-corrected chi connectivity index (χ3v) is 2.61. The van der Waals surface area contributed by atoms with Gasteiger partial charge in [0.2, 0.25) is 0 Å². The van der Waals surface area contributed by atoms with E-state index in [1.807, 2.05) is 0 Å². The van der Waals surface area contributed by atoms with Crippen LogP contribution in [0.15, 0.2) is 0 Å². The van der Waals surface area contributed by atoms with Gasteiger partial charge in [-0.2, -0.15) is 0 Å². The van der Waals surface area contributed by atoms with Crippen molar-refractivity contribution in [3.05, 3.63) is 0 Å². The van der Waals surface area contributed by atoms with Crippen LogP contribution in [-0.2, 0) is 9.53 Å². The Balaban J connectivity index is 3.10. The molecule has 0 aliphatic heterocycles. The third kappa shape index (κ3) is 11.6. The van der Waals surface area contributed by atoms with Crippen LogP contribution in [0.4, 0.5) is 0 Å². The Bertz CT molecular complexity index is 143. The molecule has 0 aliphatic rings. The average Bonchev–Trinajstić information content (AvgIpc) is 2.23. The number of carbonyl (C=O) groups excluding carboxylic acids is 1. The largest absolute Gasteiger partial charge is 0.385 e. The molecule has 0 rings (SSSR count). The molecule has 2 nitrogen and oxygen atoms in total. The van der Waals surface area contributed by atoms with Crippen LogP contribution < -0.4 is 0 Å². The van der Waals surface area contributed by atoms with E-state index < -0.39 is 0 Å². The van der Waals surface area contributed by atoms with Crippen molar-refractivity contribution in [3.8, 4) is 0 Å². The molecule has 90 valence electrons. The molecule has 0 radical (unpaired) electrons. The van der Waals surface area contributed by atoms with Crippen LogP contribution in [0.3, 0.4) is 0 Å². The van der Waals surface area contributed by atoms with Crippen LogP contribution >= 0.6 is 0 Å². The molecular formula is C13H26O2. The Kier molecular flexibility index (Phi) is 11.4. The monoisotopic (exact) mass is 214 g/mol. The lowest BCUT2D eigenvalue weighted by molar-refractivity contribution is -0.119. The minimum Gasteiger partial charge on any atom is -0.385 e. The summed E-state index contributed by atoms with van der Waals surface area (Å²) in [6.07, 6.45) is 9.89. The van der Waals surface area contributed by atoms with Gasteiger partial charge in [-0.1, -0.05) is 39.0 Å². The summed E-state index contributed by atoms with van der Waals surface area (Å²) in [6, 6.07) is 0. The Labute approximate surface area is 94.4 Å². The van der Waals surface area contributed by atoms with E-state index in [1.54, 1.807) is 7.11 Å². The molecule has 0 saturated heterocycles. The van der Waals surface area contributed by atoms with E-state index in [9.17, 15) is 4.79 Å². The predicted molar refractivity (Wildman–Crippen MR) is 64.1 cm³/mol. The summed E-state index contributed by atoms with van der Waals surface area (Å²) in [5.74, 6) is 0.405. The van der Waals surface area contributed by atoms with E-state index in [0.717, 1.165) is 19.3 Å². The molecule has 0 aliphatic carbocycles. The van der Waals surface area contributed by atoms with E-state index in [0.29, 0.717) is 18.8 Å². The van der Waals surface area contributed by atoms with Crippen molar-refractivity contribution in [3.63, 3.8) is 0 Å². The minimum absolute atomic E-state index is 0.405. The summed E-state index contributed by atoms with van der Waals surface area (Å²) in [4.78, 5) is 11.4. The number of carbonyl (C=O) groups is 1. The number of Topliss-reactive ketones (excluding diaryl/α,β-unsaturated/α-hetero) is 1. The first-order chi connectivity index (χ1) is 7.31. The highest BCUT2D eigenvalue weighted by molar-refractivity contribution is 5.78. The van der Waals surface area contributed by atoms with Crippen LogP contribution in [0.5, 0.6) is 0 Å². The minimum atomic E-state index is 0.405. The summed E-state index contributed by atoms with van der Waals surface area (Å²) in [6.45, 7) is 2.93. The van der Waals surface area contributed by atoms with Gasteiger partial charge in [0.1, 0.15) is 5.78 Å². The summed E-state index contributed by atoms with van der Waals surface area (Å²) in [5, 5.41) is 0. The van der Waals surface area contributed by atoms with Crippen molar-refractivity contribution >= 4 is 5.78 Å². The van der Waals surface area contributed by atoms with Gasteiger partial charge >= 0.3 is 0 Å². The van der Waals surface area contributed by atoms with E-state index >= 15 is 0 Å². The molecule has 0 spiro atoms. The number of hydrogen-bond donors (Lipinski definition) is 0. The Morgan fingerprint density at radius 1 is 0.933 bits per heavy atom. The molecule has 0 amide bonds. The van der Waals surface area contributed by atoms with Gasteiger partial charge in [-0.3, -0.25) is 4.79 Å². The molecule has 2 heteroatoms. The Morgan fingerprint density at radius 3 is 2.20 bits per heavy atom. The zero-order chi connectivity index (χ0) is 11.4. The van der Waals surface area contributed by atoms with Gasteiger partial charge < -0.3 is 4.74 Å². The van der Waals surface area contributed by atoms with Gasteiger partial charge in [-0.25, -0.2) is 0 Å². The average molecular weight is 214 g/mol. The van der Waals surface area contributed by atoms with Gasteiger partial charge in [-0.15, -0.1) is 0 Å². The SMILES string of the molecule is CCCCCCCCC(=O)CCCOC. The highest BCUT2D eigenvalue weighted by Gasteiger charge is 2.01. The quantitative estimate of drug-likeness (QED) is 0.490. The van der Waals surface area contributed by atoms with Crippen molar-refractivity contribution in [2.75, 3.05) is 13.7 Å². The number of rotatable bonds is 11. The maximum Gasteiger partial charge on any atom is 0.132 e. The molecule has 0 heterocycles. The van der Waals surface area contributed by atoms with E-state index in [-0.39, 0.29) is 0 Å². The topological polar surface area (TPSA) is 26.3 Å². The number of unbranched alkanes of at least 4 members (excludes halogenated alkanes) is 5. The van der Waals surface area contributed by atoms with Gasteiger partial charge in [0, 0.05) is 26.6 Å². The van der Waals surface area contributed by atoms with Gasteiger partial charge in [-0.05, 0) is 12.8 Å². The maximum atomic E-state index is 11.4. The fourth-order valence-electron chi connectivity index (χ4n) is 1.64. The van der Waals surface area contributed by atoms with Crippen molar-refractivity contribution in [1.82, 2.24) is 0 Å². The smallest absolute Gasteiger partial charge is 0.132 e. The fraction of sp³-hybridized carbons (Fsp3) is 0.923. The molecule has 0 aromatic rings. The van der Waals surface area contributed by atoms with Crippen LogP contribution in [0.1, 0.15) is 64.7 Å². The maximum absolute atomic E-state index is 11.4. The van der Waals surface area contributed by atoms with E-state index in [2.05, 4.69) is 6.92 Å². The first-order valence-electron chi connectivity index (χ1n) is 6.32. The molecule has 0 atom stereocenters. The van der Waals surface area contributed by atoms with Crippen molar-refractivity contribution < 1.29 is 9.53 Å². The van der Waals surface area contributed by atoms with Crippen molar-refractivity contribution in [2.24, 2.45) is 0 Å². The highest BCUT2D eigenvalue weighted by atomic mass is 16.5. The molecule has 0 saturated carbocycles. The van der Waals surface area contributed by atoms with Gasteiger partial charge in [0.15, 0.2) is 0 Å². The Hall–Kier alpha value is -0.370. The first-order valence-corrected chi connectivity index (χ1v) is 6.32. The standard InChI is InChI=1S/C13H26O2/c1-3-4-5-6-7-8-10-13(14)11-9-12-15-2/h3-12H2,1-2H3. The fourth-order valence-corrected chi connectivity index (χ4v) is 1.64. The molecule has 0 bridgehead atoms. The first kappa shape index (κ1) is 14.6. The van der Waals surface area contributed by atoms with Gasteiger partial charge in [0.05, 0.1) is 0 Å². The second kappa shape index (κ2) is 11.7. The molecule has 0 fully saturated rings. The zero-order valence-corrected chi connectivity index (χ0v) is 10.4. The molecule has 15 heavy (non-hydrogen) atoms. The lowest BCUT2D eigenvalue weighted by atomic mass is 10.1. The Morgan fingerprint density at radius 2 is 1.53 bits per heavy atom. The summed E-state index contributed by atoms with van der Waals surface area (Å²) >= 11 is 0. The van der Waals surface area contributed by atoms with Crippen LogP contribution in [0.25, 0.3) is 0 Å². The summed E-state index contributed by atoms with van der Waals surface area (Å²) < 4.78 is 4.91. The van der Waals surface area contributed by atoms with Crippen LogP contribution in [-0.4, -0.2) is 19.5 Å². The summed E-state index contributed by atoms with van der Waals surface area (Å²) in [7, 11) is 1.68.